The van der Waals surface area contributed by atoms with E-state index in [1.807, 2.05) is 0 Å². The van der Waals surface area contributed by atoms with Crippen LogP contribution in [0, 0.1) is 0 Å². The molecule has 0 heterocycles. The number of nitrogens with one attached hydrogen (secondary N) is 1. The Labute approximate surface area is 124 Å². The summed E-state index contributed by atoms with van der Waals surface area (Å²) in [4.78, 5) is 23.2. The highest BCUT2D eigenvalue weighted by Crippen LogP contribution is 2.35. The van der Waals surface area contributed by atoms with Crippen LogP contribution in [0.15, 0.2) is 48.5 Å². The van der Waals surface area contributed by atoms with Crippen molar-refractivity contribution in [2.75, 3.05) is 5.32 Å². The maximum atomic E-state index is 13.1. The first-order valence-corrected chi connectivity index (χ1v) is 6.37. The van der Waals surface area contributed by atoms with Crippen molar-refractivity contribution in [1.29, 1.82) is 0 Å². The minimum absolute atomic E-state index is 0.0648. The highest BCUT2D eigenvalue weighted by Gasteiger charge is 2.34. The summed E-state index contributed by atoms with van der Waals surface area (Å²) in [5, 5.41) is 2.23. The lowest BCUT2D eigenvalue weighted by Crippen LogP contribution is -2.17. The minimum atomic E-state index is -4.68. The molecule has 0 radical (unpaired) electrons. The number of carbonyl (C=O) groups is 2. The number of ketones is 1. The van der Waals surface area contributed by atoms with E-state index in [0.29, 0.717) is 0 Å². The van der Waals surface area contributed by atoms with Gasteiger partial charge in [-0.25, -0.2) is 0 Å². The molecule has 2 aromatic carbocycles. The van der Waals surface area contributed by atoms with Crippen molar-refractivity contribution in [1.82, 2.24) is 0 Å². The molecule has 0 unspecified atom stereocenters. The monoisotopic (exact) mass is 307 g/mol. The molecule has 114 valence electrons. The molecule has 3 nitrogen and oxygen atoms in total. The normalized spacial score (nSPS) is 11.1. The van der Waals surface area contributed by atoms with E-state index in [4.69, 9.17) is 0 Å². The summed E-state index contributed by atoms with van der Waals surface area (Å²) in [5.41, 5.74) is -1.26. The fourth-order valence-corrected chi connectivity index (χ4v) is 1.89. The summed E-state index contributed by atoms with van der Waals surface area (Å²) in [6, 6.07) is 11.0. The van der Waals surface area contributed by atoms with Crippen molar-refractivity contribution in [3.05, 3.63) is 65.2 Å². The van der Waals surface area contributed by atoms with Crippen molar-refractivity contribution >= 4 is 17.4 Å². The zero-order valence-electron chi connectivity index (χ0n) is 11.6. The molecule has 0 fully saturated rings. The summed E-state index contributed by atoms with van der Waals surface area (Å²) in [6.45, 7) is 1.18. The Morgan fingerprint density at radius 2 is 1.59 bits per heavy atom. The molecule has 2 aromatic rings. The van der Waals surface area contributed by atoms with Crippen LogP contribution in [0.4, 0.5) is 18.9 Å². The Morgan fingerprint density at radius 1 is 0.955 bits per heavy atom. The first-order chi connectivity index (χ1) is 10.3. The number of anilines is 1. The Balaban J connectivity index is 2.38. The summed E-state index contributed by atoms with van der Waals surface area (Å²) < 4.78 is 39.2. The van der Waals surface area contributed by atoms with Gasteiger partial charge in [0.1, 0.15) is 0 Å². The highest BCUT2D eigenvalue weighted by molar-refractivity contribution is 6.05. The first-order valence-electron chi connectivity index (χ1n) is 6.37. The van der Waals surface area contributed by atoms with Gasteiger partial charge in [0.15, 0.2) is 5.78 Å². The van der Waals surface area contributed by atoms with Gasteiger partial charge >= 0.3 is 6.18 Å². The van der Waals surface area contributed by atoms with Gasteiger partial charge in [-0.1, -0.05) is 18.2 Å². The molecule has 0 saturated heterocycles. The van der Waals surface area contributed by atoms with Crippen LogP contribution < -0.4 is 5.32 Å². The zero-order chi connectivity index (χ0) is 16.3. The van der Waals surface area contributed by atoms with E-state index in [2.05, 4.69) is 5.32 Å². The number of benzene rings is 2. The van der Waals surface area contributed by atoms with Crippen molar-refractivity contribution in [3.63, 3.8) is 0 Å². The van der Waals surface area contributed by atoms with E-state index in [9.17, 15) is 22.8 Å². The lowest BCUT2D eigenvalue weighted by molar-refractivity contribution is -0.136. The number of rotatable bonds is 3. The van der Waals surface area contributed by atoms with Crippen LogP contribution in [-0.2, 0) is 6.18 Å². The number of alkyl halides is 3. The molecule has 1 N–H and O–H groups in total. The lowest BCUT2D eigenvalue weighted by Gasteiger charge is -2.15. The van der Waals surface area contributed by atoms with Gasteiger partial charge in [0.05, 0.1) is 11.3 Å². The molecular formula is C16H12F3NO2. The smallest absolute Gasteiger partial charge is 0.321 e. The second-order valence-corrected chi connectivity index (χ2v) is 4.63. The predicted molar refractivity (Wildman–Crippen MR) is 75.8 cm³/mol. The Kier molecular flexibility index (Phi) is 4.30. The van der Waals surface area contributed by atoms with E-state index in [1.54, 1.807) is 18.2 Å². The van der Waals surface area contributed by atoms with Crippen molar-refractivity contribution < 1.29 is 22.8 Å². The predicted octanol–water partition coefficient (Wildman–Crippen LogP) is 4.16. The molecule has 0 spiro atoms. The topological polar surface area (TPSA) is 46.2 Å². The molecule has 22 heavy (non-hydrogen) atoms. The lowest BCUT2D eigenvalue weighted by atomic mass is 10.0. The van der Waals surface area contributed by atoms with Crippen molar-refractivity contribution in [2.24, 2.45) is 0 Å². The van der Waals surface area contributed by atoms with E-state index in [-0.39, 0.29) is 16.8 Å². The first kappa shape index (κ1) is 15.8. The van der Waals surface area contributed by atoms with Gasteiger partial charge < -0.3 is 5.32 Å². The second kappa shape index (κ2) is 6.01. The van der Waals surface area contributed by atoms with Crippen molar-refractivity contribution in [2.45, 2.75) is 13.1 Å². The van der Waals surface area contributed by atoms with Crippen LogP contribution in [0.3, 0.4) is 0 Å². The maximum Gasteiger partial charge on any atom is 0.418 e. The minimum Gasteiger partial charge on any atom is -0.321 e. The Morgan fingerprint density at radius 3 is 2.14 bits per heavy atom. The van der Waals surface area contributed by atoms with Gasteiger partial charge in [-0.15, -0.1) is 0 Å². The molecule has 0 aliphatic carbocycles. The quantitative estimate of drug-likeness (QED) is 0.865. The third-order valence-corrected chi connectivity index (χ3v) is 3.02. The molecule has 2 rings (SSSR count). The highest BCUT2D eigenvalue weighted by atomic mass is 19.4. The molecule has 0 aliphatic heterocycles. The van der Waals surface area contributed by atoms with E-state index < -0.39 is 23.4 Å². The number of hydrogen-bond acceptors (Lipinski definition) is 2. The molecule has 0 aromatic heterocycles. The number of hydrogen-bond donors (Lipinski definition) is 1. The molecule has 6 heteroatoms. The number of Topliss-reactive ketones (excluding diaryl/α,β-unsaturated/α-hetero) is 1. The fraction of sp³-hybridized carbons (Fsp3) is 0.125. The van der Waals surface area contributed by atoms with Crippen LogP contribution in [0.5, 0.6) is 0 Å². The van der Waals surface area contributed by atoms with Crippen molar-refractivity contribution in [3.8, 4) is 0 Å². The summed E-state index contributed by atoms with van der Waals surface area (Å²) in [7, 11) is 0. The van der Waals surface area contributed by atoms with Crippen LogP contribution in [0.2, 0.25) is 0 Å². The largest absolute Gasteiger partial charge is 0.418 e. The maximum absolute atomic E-state index is 13.1. The molecule has 0 bridgehead atoms. The van der Waals surface area contributed by atoms with Gasteiger partial charge in [-0.2, -0.15) is 13.2 Å². The van der Waals surface area contributed by atoms with Gasteiger partial charge in [0, 0.05) is 11.1 Å². The van der Waals surface area contributed by atoms with Crippen LogP contribution in [0.25, 0.3) is 0 Å². The second-order valence-electron chi connectivity index (χ2n) is 4.63. The fourth-order valence-electron chi connectivity index (χ4n) is 1.89. The van der Waals surface area contributed by atoms with Crippen LogP contribution in [0.1, 0.15) is 33.2 Å². The van der Waals surface area contributed by atoms with Crippen LogP contribution in [-0.4, -0.2) is 11.7 Å². The third kappa shape index (κ3) is 3.52. The van der Waals surface area contributed by atoms with Gasteiger partial charge in [0.25, 0.3) is 5.91 Å². The van der Waals surface area contributed by atoms with Gasteiger partial charge in [0.2, 0.25) is 0 Å². The standard InChI is InChI=1S/C16H12F3NO2/c1-10(21)12-7-8-14(13(9-12)16(17,18)19)20-15(22)11-5-3-2-4-6-11/h2-9H,1H3,(H,20,22). The Hall–Kier alpha value is -2.63. The summed E-state index contributed by atoms with van der Waals surface area (Å²) >= 11 is 0. The van der Waals surface area contributed by atoms with Gasteiger partial charge in [-0.05, 0) is 37.3 Å². The third-order valence-electron chi connectivity index (χ3n) is 3.02. The van der Waals surface area contributed by atoms with E-state index in [1.165, 1.54) is 25.1 Å². The van der Waals surface area contributed by atoms with E-state index in [0.717, 1.165) is 12.1 Å². The zero-order valence-corrected chi connectivity index (χ0v) is 11.6. The average Bonchev–Trinajstić information content (AvgIpc) is 2.47. The molecule has 0 atom stereocenters. The SMILES string of the molecule is CC(=O)c1ccc(NC(=O)c2ccccc2)c(C(F)(F)F)c1. The molecule has 0 saturated carbocycles. The summed E-state index contributed by atoms with van der Waals surface area (Å²) in [5.74, 6) is -1.13. The average molecular weight is 307 g/mol. The molecule has 1 amide bonds. The Bertz CT molecular complexity index is 709. The molecule has 0 aliphatic rings. The number of amides is 1. The number of carbonyl (C=O) groups excluding carboxylic acids is 2. The number of halogens is 3. The van der Waals surface area contributed by atoms with Gasteiger partial charge in [-0.3, -0.25) is 9.59 Å². The molecular weight excluding hydrogens is 295 g/mol. The summed E-state index contributed by atoms with van der Waals surface area (Å²) in [6.07, 6.45) is -4.68. The van der Waals surface area contributed by atoms with Crippen LogP contribution >= 0.6 is 0 Å². The van der Waals surface area contributed by atoms with E-state index >= 15 is 0 Å².